The molecule has 25 heavy (non-hydrogen) atoms. The summed E-state index contributed by atoms with van der Waals surface area (Å²) in [6, 6.07) is 1.92. The molecule has 2 atom stereocenters. The quantitative estimate of drug-likeness (QED) is 0.803. The Bertz CT molecular complexity index is 712. The Hall–Kier alpha value is -1.45. The van der Waals surface area contributed by atoms with Crippen LogP contribution in [0.2, 0.25) is 0 Å². The van der Waals surface area contributed by atoms with Crippen LogP contribution in [0.15, 0.2) is 6.07 Å². The maximum Gasteiger partial charge on any atom is 0.227 e. The molecular formula is C16H26N4O4S. The zero-order chi connectivity index (χ0) is 18.0. The van der Waals surface area contributed by atoms with Crippen LogP contribution in [0, 0.1) is 0 Å². The van der Waals surface area contributed by atoms with Gasteiger partial charge in [-0.2, -0.15) is 4.98 Å². The Labute approximate surface area is 148 Å². The van der Waals surface area contributed by atoms with Crippen molar-refractivity contribution in [2.75, 3.05) is 48.9 Å². The molecule has 0 spiro atoms. The summed E-state index contributed by atoms with van der Waals surface area (Å²) in [6.07, 6.45) is 2.44. The summed E-state index contributed by atoms with van der Waals surface area (Å²) in [7, 11) is -3.20. The van der Waals surface area contributed by atoms with Gasteiger partial charge in [-0.15, -0.1) is 0 Å². The molecule has 0 aliphatic carbocycles. The fraction of sp³-hybridized carbons (Fsp3) is 0.750. The Morgan fingerprint density at radius 2 is 2.16 bits per heavy atom. The lowest BCUT2D eigenvalue weighted by molar-refractivity contribution is 0.0985. The molecule has 2 fully saturated rings. The van der Waals surface area contributed by atoms with Crippen molar-refractivity contribution in [2.45, 2.75) is 37.7 Å². The first-order valence-corrected chi connectivity index (χ1v) is 10.7. The molecule has 1 unspecified atom stereocenters. The Morgan fingerprint density at radius 3 is 2.84 bits per heavy atom. The van der Waals surface area contributed by atoms with Crippen LogP contribution in [0.5, 0.6) is 0 Å². The molecule has 2 saturated heterocycles. The highest BCUT2D eigenvalue weighted by molar-refractivity contribution is 7.89. The highest BCUT2D eigenvalue weighted by Gasteiger charge is 2.25. The SMILES string of the molecule is C[C@H]1COCCN1c1cc(CS(C)(=O)=O)nc(N2CCCC(O)C2)n1. The second kappa shape index (κ2) is 7.43. The molecule has 0 aromatic carbocycles. The summed E-state index contributed by atoms with van der Waals surface area (Å²) >= 11 is 0. The number of anilines is 2. The van der Waals surface area contributed by atoms with Gasteiger partial charge in [0.25, 0.3) is 0 Å². The van der Waals surface area contributed by atoms with E-state index in [1.165, 1.54) is 6.26 Å². The highest BCUT2D eigenvalue weighted by Crippen LogP contribution is 2.24. The second-order valence-electron chi connectivity index (χ2n) is 6.95. The first kappa shape index (κ1) is 18.3. The van der Waals surface area contributed by atoms with Crippen molar-refractivity contribution in [3.05, 3.63) is 11.8 Å². The van der Waals surface area contributed by atoms with Crippen LogP contribution in [0.4, 0.5) is 11.8 Å². The number of morpholine rings is 1. The number of β-amino-alcohol motifs (C(OH)–C–C–N with tert-alkyl or cyclic N) is 1. The lowest BCUT2D eigenvalue weighted by atomic mass is 10.1. The maximum absolute atomic E-state index is 11.7. The van der Waals surface area contributed by atoms with E-state index in [1.54, 1.807) is 6.07 Å². The fourth-order valence-electron chi connectivity index (χ4n) is 3.30. The number of hydrogen-bond donors (Lipinski definition) is 1. The lowest BCUT2D eigenvalue weighted by Crippen LogP contribution is -2.45. The summed E-state index contributed by atoms with van der Waals surface area (Å²) in [5.41, 5.74) is 0.487. The first-order chi connectivity index (χ1) is 11.8. The van der Waals surface area contributed by atoms with Crippen molar-refractivity contribution >= 4 is 21.6 Å². The van der Waals surface area contributed by atoms with Gasteiger partial charge in [-0.1, -0.05) is 0 Å². The normalized spacial score (nSPS) is 25.2. The van der Waals surface area contributed by atoms with E-state index in [2.05, 4.69) is 21.8 Å². The number of nitrogens with zero attached hydrogens (tertiary/aromatic N) is 4. The van der Waals surface area contributed by atoms with E-state index in [0.717, 1.165) is 25.2 Å². The highest BCUT2D eigenvalue weighted by atomic mass is 32.2. The molecule has 140 valence electrons. The third kappa shape index (κ3) is 4.80. The minimum atomic E-state index is -3.20. The molecule has 0 bridgehead atoms. The van der Waals surface area contributed by atoms with E-state index in [-0.39, 0.29) is 11.8 Å². The Kier molecular flexibility index (Phi) is 5.45. The lowest BCUT2D eigenvalue weighted by Gasteiger charge is -2.35. The number of aliphatic hydroxyl groups excluding tert-OH is 1. The summed E-state index contributed by atoms with van der Waals surface area (Å²) < 4.78 is 29.0. The number of sulfone groups is 1. The van der Waals surface area contributed by atoms with Gasteiger partial charge in [0.15, 0.2) is 9.84 Å². The molecule has 3 heterocycles. The van der Waals surface area contributed by atoms with Crippen LogP contribution in [0.1, 0.15) is 25.5 Å². The molecule has 1 aromatic heterocycles. The molecule has 0 amide bonds. The molecule has 0 radical (unpaired) electrons. The molecule has 1 aromatic rings. The Morgan fingerprint density at radius 1 is 1.36 bits per heavy atom. The predicted octanol–water partition coefficient (Wildman–Crippen LogP) is 0.207. The molecule has 0 saturated carbocycles. The van der Waals surface area contributed by atoms with Gasteiger partial charge in [-0.25, -0.2) is 13.4 Å². The average Bonchev–Trinajstić information content (AvgIpc) is 2.53. The summed E-state index contributed by atoms with van der Waals surface area (Å²) in [4.78, 5) is 13.2. The molecule has 8 nitrogen and oxygen atoms in total. The fourth-order valence-corrected chi connectivity index (χ4v) is 3.99. The number of aromatic nitrogens is 2. The predicted molar refractivity (Wildman–Crippen MR) is 95.7 cm³/mol. The van der Waals surface area contributed by atoms with Gasteiger partial charge in [0.05, 0.1) is 36.8 Å². The van der Waals surface area contributed by atoms with Crippen molar-refractivity contribution in [3.63, 3.8) is 0 Å². The van der Waals surface area contributed by atoms with E-state index in [1.807, 2.05) is 4.90 Å². The van der Waals surface area contributed by atoms with E-state index in [9.17, 15) is 13.5 Å². The van der Waals surface area contributed by atoms with Gasteiger partial charge < -0.3 is 19.6 Å². The third-order valence-corrected chi connectivity index (χ3v) is 5.33. The van der Waals surface area contributed by atoms with Gasteiger partial charge in [0, 0.05) is 32.0 Å². The minimum Gasteiger partial charge on any atom is -0.391 e. The summed E-state index contributed by atoms with van der Waals surface area (Å²) in [5.74, 6) is 1.10. The van der Waals surface area contributed by atoms with E-state index in [4.69, 9.17) is 4.74 Å². The smallest absolute Gasteiger partial charge is 0.227 e. The van der Waals surface area contributed by atoms with Gasteiger partial charge in [-0.3, -0.25) is 0 Å². The largest absolute Gasteiger partial charge is 0.391 e. The molecule has 9 heteroatoms. The Balaban J connectivity index is 1.95. The minimum absolute atomic E-state index is 0.120. The van der Waals surface area contributed by atoms with E-state index >= 15 is 0 Å². The van der Waals surface area contributed by atoms with Gasteiger partial charge in [-0.05, 0) is 19.8 Å². The van der Waals surface area contributed by atoms with E-state index in [0.29, 0.717) is 37.9 Å². The van der Waals surface area contributed by atoms with Crippen LogP contribution in [-0.2, 0) is 20.3 Å². The molecule has 3 rings (SSSR count). The van der Waals surface area contributed by atoms with Crippen LogP contribution < -0.4 is 9.80 Å². The van der Waals surface area contributed by atoms with Crippen LogP contribution in [0.3, 0.4) is 0 Å². The van der Waals surface area contributed by atoms with Crippen LogP contribution >= 0.6 is 0 Å². The van der Waals surface area contributed by atoms with Crippen LogP contribution in [0.25, 0.3) is 0 Å². The third-order valence-electron chi connectivity index (χ3n) is 4.51. The number of hydrogen-bond acceptors (Lipinski definition) is 8. The van der Waals surface area contributed by atoms with Crippen molar-refractivity contribution < 1.29 is 18.3 Å². The molecular weight excluding hydrogens is 344 g/mol. The molecule has 2 aliphatic rings. The zero-order valence-electron chi connectivity index (χ0n) is 14.8. The van der Waals surface area contributed by atoms with E-state index < -0.39 is 15.9 Å². The standard InChI is InChI=1S/C16H26N4O4S/c1-12-10-24-7-6-20(12)15-8-13(11-25(2,22)23)17-16(18-15)19-5-3-4-14(21)9-19/h8,12,14,21H,3-7,9-11H2,1-2H3/t12-,14?/m0/s1. The zero-order valence-corrected chi connectivity index (χ0v) is 15.6. The second-order valence-corrected chi connectivity index (χ2v) is 9.09. The first-order valence-electron chi connectivity index (χ1n) is 8.65. The van der Waals surface area contributed by atoms with Crippen molar-refractivity contribution in [1.29, 1.82) is 0 Å². The number of ether oxygens (including phenoxy) is 1. The number of rotatable bonds is 4. The number of aliphatic hydroxyl groups is 1. The van der Waals surface area contributed by atoms with Gasteiger partial charge in [0.2, 0.25) is 5.95 Å². The van der Waals surface area contributed by atoms with Crippen LogP contribution in [-0.4, -0.2) is 74.7 Å². The molecule has 1 N–H and O–H groups in total. The van der Waals surface area contributed by atoms with Crippen molar-refractivity contribution in [1.82, 2.24) is 9.97 Å². The van der Waals surface area contributed by atoms with Crippen molar-refractivity contribution in [3.8, 4) is 0 Å². The topological polar surface area (TPSA) is 95.9 Å². The molecule has 2 aliphatic heterocycles. The monoisotopic (exact) mass is 370 g/mol. The summed E-state index contributed by atoms with van der Waals surface area (Å²) in [6.45, 7) is 5.23. The van der Waals surface area contributed by atoms with Gasteiger partial charge >= 0.3 is 0 Å². The summed E-state index contributed by atoms with van der Waals surface area (Å²) in [5, 5.41) is 9.94. The van der Waals surface area contributed by atoms with Gasteiger partial charge in [0.1, 0.15) is 5.82 Å². The number of piperidine rings is 1. The van der Waals surface area contributed by atoms with Crippen molar-refractivity contribution in [2.24, 2.45) is 0 Å². The average molecular weight is 370 g/mol. The maximum atomic E-state index is 11.7.